The zero-order valence-electron chi connectivity index (χ0n) is 22.3. The van der Waals surface area contributed by atoms with Crippen molar-refractivity contribution in [2.24, 2.45) is 0 Å². The van der Waals surface area contributed by atoms with Crippen LogP contribution in [0.1, 0.15) is 21.5 Å². The van der Waals surface area contributed by atoms with Crippen molar-refractivity contribution in [3.05, 3.63) is 76.9 Å². The third kappa shape index (κ3) is 6.51. The van der Waals surface area contributed by atoms with Gasteiger partial charge in [-0.1, -0.05) is 12.1 Å². The van der Waals surface area contributed by atoms with Crippen molar-refractivity contribution in [2.45, 2.75) is 6.42 Å². The van der Waals surface area contributed by atoms with E-state index < -0.39 is 24.3 Å². The van der Waals surface area contributed by atoms with E-state index in [4.69, 9.17) is 18.9 Å². The summed E-state index contributed by atoms with van der Waals surface area (Å²) in [5.41, 5.74) is 1.46. The molecule has 0 fully saturated rings. The second kappa shape index (κ2) is 13.1. The molecule has 0 unspecified atom stereocenters. The fraction of sp³-hybridized carbons (Fsp3) is 0.179. The van der Waals surface area contributed by atoms with Gasteiger partial charge in [0.05, 0.1) is 31.9 Å². The van der Waals surface area contributed by atoms with Crippen LogP contribution in [0, 0.1) is 0 Å². The predicted octanol–water partition coefficient (Wildman–Crippen LogP) is -0.386. The Balaban J connectivity index is 0.00000387. The van der Waals surface area contributed by atoms with Crippen LogP contribution in [0.25, 0.3) is 16.6 Å². The first-order valence-corrected chi connectivity index (χ1v) is 12.6. The van der Waals surface area contributed by atoms with E-state index in [1.807, 2.05) is 0 Å². The number of carbonyl (C=O) groups is 3. The summed E-state index contributed by atoms with van der Waals surface area (Å²) in [7, 11) is 2.69. The van der Waals surface area contributed by atoms with Crippen LogP contribution in [0.5, 0.6) is 23.0 Å². The summed E-state index contributed by atoms with van der Waals surface area (Å²) in [5, 5.41) is 12.7. The molecule has 3 aromatic carbocycles. The molecule has 5 rings (SSSR count). The number of ketones is 1. The van der Waals surface area contributed by atoms with E-state index >= 15 is 0 Å². The monoisotopic (exact) mass is 584 g/mol. The number of hydrogen-bond acceptors (Lipinski definition) is 12. The summed E-state index contributed by atoms with van der Waals surface area (Å²) >= 11 is 0.984. The topological polar surface area (TPSA) is 146 Å². The summed E-state index contributed by atoms with van der Waals surface area (Å²) in [4.78, 5) is 38.4. The summed E-state index contributed by atoms with van der Waals surface area (Å²) in [6, 6.07) is 14.1. The minimum atomic E-state index is -1.56. The number of aliphatic carboxylic acids is 1. The first-order chi connectivity index (χ1) is 19.4. The summed E-state index contributed by atoms with van der Waals surface area (Å²) < 4.78 is 34.7. The van der Waals surface area contributed by atoms with Gasteiger partial charge in [-0.15, -0.1) is 0 Å². The molecule has 0 saturated heterocycles. The molecule has 0 spiro atoms. The summed E-state index contributed by atoms with van der Waals surface area (Å²) in [5.74, 6) is -1.29. The van der Waals surface area contributed by atoms with Crippen molar-refractivity contribution in [3.8, 4) is 23.0 Å². The second-order valence-electron chi connectivity index (χ2n) is 8.52. The maximum atomic E-state index is 14.0. The van der Waals surface area contributed by atoms with E-state index in [1.54, 1.807) is 36.4 Å². The first-order valence-electron chi connectivity index (χ1n) is 11.9. The number of ether oxygens (including phenoxy) is 5. The van der Waals surface area contributed by atoms with Gasteiger partial charge in [0, 0.05) is 29.2 Å². The molecule has 204 valence electrons. The van der Waals surface area contributed by atoms with Gasteiger partial charge in [-0.25, -0.2) is 4.79 Å². The quantitative estimate of drug-likeness (QED) is 0.104. The molecular formula is C28H21N2NaO9S. The largest absolute Gasteiger partial charge is 1.00 e. The smallest absolute Gasteiger partial charge is 0.545 e. The first kappa shape index (κ1) is 30.0. The molecule has 0 bridgehead atoms. The Labute approximate surface area is 260 Å². The Hall–Kier alpha value is -3.97. The van der Waals surface area contributed by atoms with Gasteiger partial charge in [-0.2, -0.15) is 8.75 Å². The number of fused-ring (bicyclic) bond motifs is 2. The maximum absolute atomic E-state index is 14.0. The van der Waals surface area contributed by atoms with Gasteiger partial charge in [0.2, 0.25) is 6.79 Å². The molecule has 0 radical (unpaired) electrons. The number of allylic oxidation sites excluding steroid dienone is 1. The second-order valence-corrected chi connectivity index (χ2v) is 9.05. The average Bonchev–Trinajstić information content (AvgIpc) is 3.64. The fourth-order valence-electron chi connectivity index (χ4n) is 4.18. The number of Topliss-reactive ketones (excluding diaryl/α,β-unsaturated/α-hetero) is 1. The molecule has 0 saturated carbocycles. The van der Waals surface area contributed by atoms with Crippen molar-refractivity contribution in [1.82, 2.24) is 8.75 Å². The Bertz CT molecular complexity index is 1670. The number of rotatable bonds is 10. The third-order valence-electron chi connectivity index (χ3n) is 6.17. The van der Waals surface area contributed by atoms with Gasteiger partial charge >= 0.3 is 35.5 Å². The van der Waals surface area contributed by atoms with Crippen molar-refractivity contribution in [2.75, 3.05) is 27.6 Å². The number of esters is 1. The minimum absolute atomic E-state index is 0. The molecule has 41 heavy (non-hydrogen) atoms. The number of carboxylic acid groups (broad SMARTS) is 1. The van der Waals surface area contributed by atoms with Crippen LogP contribution in [-0.2, 0) is 20.7 Å². The number of methoxy groups -OCH3 is 2. The molecular weight excluding hydrogens is 563 g/mol. The predicted molar refractivity (Wildman–Crippen MR) is 140 cm³/mol. The minimum Gasteiger partial charge on any atom is -0.545 e. The third-order valence-corrected chi connectivity index (χ3v) is 6.73. The van der Waals surface area contributed by atoms with Crippen molar-refractivity contribution in [1.29, 1.82) is 0 Å². The van der Waals surface area contributed by atoms with Crippen LogP contribution in [0.2, 0.25) is 0 Å². The van der Waals surface area contributed by atoms with Crippen LogP contribution in [0.3, 0.4) is 0 Å². The van der Waals surface area contributed by atoms with E-state index in [0.29, 0.717) is 33.8 Å². The standard InChI is InChI=1S/C28H22N2O9S.Na/c1-35-18-6-3-15(23(12-18)37-13-25(31)36-2)9-19(27(32)17-5-8-22-24(11-17)39-14-38-22)26(28(33)34)16-4-7-20-21(10-16)30-40-29-20;/h3-8,10-12H,9,13-14H2,1-2H3,(H,33,34);/q;+1/p-1. The van der Waals surface area contributed by atoms with Gasteiger partial charge in [-0.05, 0) is 47.5 Å². The number of carboxylic acids is 1. The van der Waals surface area contributed by atoms with Crippen LogP contribution >= 0.6 is 11.7 Å². The van der Waals surface area contributed by atoms with Crippen LogP contribution in [0.4, 0.5) is 0 Å². The molecule has 4 aromatic rings. The fourth-order valence-corrected chi connectivity index (χ4v) is 4.69. The van der Waals surface area contributed by atoms with E-state index in [1.165, 1.54) is 32.4 Å². The molecule has 13 heteroatoms. The number of hydrogen-bond donors (Lipinski definition) is 0. The zero-order valence-corrected chi connectivity index (χ0v) is 25.1. The molecule has 11 nitrogen and oxygen atoms in total. The number of nitrogens with zero attached hydrogens (tertiary/aromatic N) is 2. The number of aromatic nitrogens is 2. The average molecular weight is 585 g/mol. The molecule has 1 aliphatic rings. The van der Waals surface area contributed by atoms with Crippen molar-refractivity contribution >= 4 is 46.1 Å². The van der Waals surface area contributed by atoms with Gasteiger partial charge in [0.25, 0.3) is 0 Å². The number of carbonyl (C=O) groups excluding carboxylic acids is 3. The van der Waals surface area contributed by atoms with Crippen LogP contribution < -0.4 is 53.6 Å². The van der Waals surface area contributed by atoms with Crippen molar-refractivity contribution < 1.29 is 72.7 Å². The van der Waals surface area contributed by atoms with Gasteiger partial charge in [0.15, 0.2) is 23.9 Å². The summed E-state index contributed by atoms with van der Waals surface area (Å²) in [6.07, 6.45) is -0.190. The Kier molecular flexibility index (Phi) is 9.61. The zero-order chi connectivity index (χ0) is 28.2. The van der Waals surface area contributed by atoms with Gasteiger partial charge in [0.1, 0.15) is 22.5 Å². The van der Waals surface area contributed by atoms with Gasteiger partial charge in [-0.3, -0.25) is 4.79 Å². The van der Waals surface area contributed by atoms with Crippen LogP contribution in [0.15, 0.2) is 60.2 Å². The van der Waals surface area contributed by atoms with E-state index in [-0.39, 0.29) is 70.8 Å². The van der Waals surface area contributed by atoms with Crippen molar-refractivity contribution in [3.63, 3.8) is 0 Å². The normalized spacial score (nSPS) is 12.2. The number of benzene rings is 3. The molecule has 1 aromatic heterocycles. The molecule has 1 aliphatic heterocycles. The van der Waals surface area contributed by atoms with Crippen LogP contribution in [-0.4, -0.2) is 54.1 Å². The Morgan fingerprint density at radius 3 is 2.44 bits per heavy atom. The summed E-state index contributed by atoms with van der Waals surface area (Å²) in [6.45, 7) is -0.402. The molecule has 0 atom stereocenters. The maximum Gasteiger partial charge on any atom is 1.00 e. The van der Waals surface area contributed by atoms with Gasteiger partial charge < -0.3 is 33.6 Å². The Morgan fingerprint density at radius 2 is 1.68 bits per heavy atom. The van der Waals surface area contributed by atoms with E-state index in [0.717, 1.165) is 11.7 Å². The Morgan fingerprint density at radius 1 is 0.927 bits per heavy atom. The van der Waals surface area contributed by atoms with E-state index in [9.17, 15) is 19.5 Å². The van der Waals surface area contributed by atoms with E-state index in [2.05, 4.69) is 13.5 Å². The SMILES string of the molecule is COC(=O)COc1cc(OC)ccc1CC(C(=O)c1ccc2c(c1)OCO2)=C(C(=O)[O-])c1ccc2nsnc2c1.[Na+]. The molecule has 2 heterocycles. The molecule has 0 amide bonds. The molecule has 0 N–H and O–H groups in total. The molecule has 0 aliphatic carbocycles.